The second-order valence-corrected chi connectivity index (χ2v) is 8.03. The van der Waals surface area contributed by atoms with E-state index in [2.05, 4.69) is 9.71 Å². The lowest BCUT2D eigenvalue weighted by molar-refractivity contribution is 0.596. The fourth-order valence-corrected chi connectivity index (χ4v) is 5.32. The van der Waals surface area contributed by atoms with Crippen LogP contribution in [-0.2, 0) is 22.9 Å². The fourth-order valence-electron chi connectivity index (χ4n) is 2.82. The summed E-state index contributed by atoms with van der Waals surface area (Å²) >= 11 is 7.35. The van der Waals surface area contributed by atoms with Gasteiger partial charge in [0.15, 0.2) is 15.1 Å². The van der Waals surface area contributed by atoms with Gasteiger partial charge in [-0.2, -0.15) is 8.42 Å². The number of fused-ring (bicyclic) bond motifs is 2. The molecule has 2 heterocycles. The molecule has 0 bridgehead atoms. The zero-order valence-corrected chi connectivity index (χ0v) is 13.8. The number of anilines is 1. The SMILES string of the molecule is O=S(=O)(Nc1ccc2c(c1)CCC2)c1c(Cl)nc2sccn12. The lowest BCUT2D eigenvalue weighted by Crippen LogP contribution is -2.15. The lowest BCUT2D eigenvalue weighted by Gasteiger charge is -2.09. The lowest BCUT2D eigenvalue weighted by atomic mass is 10.1. The molecule has 0 amide bonds. The Bertz CT molecular complexity index is 975. The maximum absolute atomic E-state index is 12.6. The Labute approximate surface area is 136 Å². The maximum atomic E-state index is 12.6. The summed E-state index contributed by atoms with van der Waals surface area (Å²) in [5.74, 6) is 0. The minimum atomic E-state index is -3.79. The predicted molar refractivity (Wildman–Crippen MR) is 87.4 cm³/mol. The number of halogens is 1. The van der Waals surface area contributed by atoms with Crippen LogP contribution < -0.4 is 4.72 Å². The van der Waals surface area contributed by atoms with Crippen LogP contribution in [0.15, 0.2) is 34.8 Å². The molecule has 1 aliphatic rings. The first-order valence-corrected chi connectivity index (χ1v) is 9.54. The number of nitrogens with zero attached hydrogens (tertiary/aromatic N) is 2. The van der Waals surface area contributed by atoms with Gasteiger partial charge in [-0.1, -0.05) is 17.7 Å². The topological polar surface area (TPSA) is 63.5 Å². The average molecular weight is 354 g/mol. The van der Waals surface area contributed by atoms with Gasteiger partial charge in [-0.25, -0.2) is 4.98 Å². The molecular formula is C14H12ClN3O2S2. The number of aryl methyl sites for hydroxylation is 2. The van der Waals surface area contributed by atoms with Crippen molar-refractivity contribution in [3.05, 3.63) is 46.1 Å². The molecule has 0 unspecified atom stereocenters. The van der Waals surface area contributed by atoms with E-state index in [1.54, 1.807) is 17.6 Å². The van der Waals surface area contributed by atoms with Crippen LogP contribution in [0.4, 0.5) is 5.69 Å². The molecule has 3 aromatic rings. The molecule has 1 N–H and O–H groups in total. The van der Waals surface area contributed by atoms with E-state index in [1.807, 2.05) is 12.1 Å². The first-order valence-electron chi connectivity index (χ1n) is 6.80. The summed E-state index contributed by atoms with van der Waals surface area (Å²) in [4.78, 5) is 4.62. The van der Waals surface area contributed by atoms with Crippen LogP contribution in [0, 0.1) is 0 Å². The number of sulfonamides is 1. The number of nitrogens with one attached hydrogen (secondary N) is 1. The minimum Gasteiger partial charge on any atom is -0.278 e. The summed E-state index contributed by atoms with van der Waals surface area (Å²) in [5.41, 5.74) is 3.06. The van der Waals surface area contributed by atoms with Gasteiger partial charge < -0.3 is 0 Å². The van der Waals surface area contributed by atoms with Gasteiger partial charge in [0.25, 0.3) is 10.0 Å². The summed E-state index contributed by atoms with van der Waals surface area (Å²) in [6.45, 7) is 0. The van der Waals surface area contributed by atoms with Gasteiger partial charge in [0, 0.05) is 17.3 Å². The summed E-state index contributed by atoms with van der Waals surface area (Å²) in [6.07, 6.45) is 4.82. The third-order valence-electron chi connectivity index (χ3n) is 3.78. The van der Waals surface area contributed by atoms with Crippen molar-refractivity contribution in [3.8, 4) is 0 Å². The summed E-state index contributed by atoms with van der Waals surface area (Å²) in [5, 5.41) is 1.74. The van der Waals surface area contributed by atoms with Crippen molar-refractivity contribution >= 4 is 43.6 Å². The molecule has 0 atom stereocenters. The highest BCUT2D eigenvalue weighted by Gasteiger charge is 2.25. The largest absolute Gasteiger partial charge is 0.281 e. The first-order chi connectivity index (χ1) is 10.5. The van der Waals surface area contributed by atoms with Crippen molar-refractivity contribution in [2.45, 2.75) is 24.3 Å². The minimum absolute atomic E-state index is 0.0134. The Hall–Kier alpha value is -1.57. The van der Waals surface area contributed by atoms with E-state index < -0.39 is 10.0 Å². The Morgan fingerprint density at radius 2 is 2.09 bits per heavy atom. The Balaban J connectivity index is 1.75. The zero-order chi connectivity index (χ0) is 15.3. The Morgan fingerprint density at radius 3 is 2.95 bits per heavy atom. The molecule has 1 aromatic carbocycles. The third-order valence-corrected chi connectivity index (χ3v) is 6.32. The van der Waals surface area contributed by atoms with Crippen molar-refractivity contribution in [2.24, 2.45) is 0 Å². The number of aromatic nitrogens is 2. The van der Waals surface area contributed by atoms with Crippen LogP contribution in [0.5, 0.6) is 0 Å². The summed E-state index contributed by atoms with van der Waals surface area (Å²) < 4.78 is 29.4. The van der Waals surface area contributed by atoms with Gasteiger partial charge in [-0.05, 0) is 42.5 Å². The molecule has 0 fully saturated rings. The fraction of sp³-hybridized carbons (Fsp3) is 0.214. The van der Waals surface area contributed by atoms with Crippen molar-refractivity contribution < 1.29 is 8.42 Å². The standard InChI is InChI=1S/C14H12ClN3O2S2/c15-12-13(18-6-7-21-14(18)16-12)22(19,20)17-11-5-4-9-2-1-3-10(9)8-11/h4-8,17H,1-3H2. The highest BCUT2D eigenvalue weighted by molar-refractivity contribution is 7.92. The number of rotatable bonds is 3. The quantitative estimate of drug-likeness (QED) is 0.785. The number of hydrogen-bond acceptors (Lipinski definition) is 4. The predicted octanol–water partition coefficient (Wildman–Crippen LogP) is 3.34. The van der Waals surface area contributed by atoms with Crippen LogP contribution in [0.3, 0.4) is 0 Å². The van der Waals surface area contributed by atoms with E-state index in [-0.39, 0.29) is 10.2 Å². The van der Waals surface area contributed by atoms with Gasteiger partial charge >= 0.3 is 0 Å². The summed E-state index contributed by atoms with van der Waals surface area (Å²) in [6, 6.07) is 5.68. The molecule has 0 saturated heterocycles. The number of thiazole rings is 1. The monoisotopic (exact) mass is 353 g/mol. The molecule has 1 aliphatic carbocycles. The van der Waals surface area contributed by atoms with Crippen LogP contribution >= 0.6 is 22.9 Å². The average Bonchev–Trinajstić information content (AvgIpc) is 3.11. The van der Waals surface area contributed by atoms with E-state index in [0.717, 1.165) is 19.3 Å². The molecule has 5 nitrogen and oxygen atoms in total. The molecule has 0 radical (unpaired) electrons. The van der Waals surface area contributed by atoms with E-state index in [4.69, 9.17) is 11.6 Å². The van der Waals surface area contributed by atoms with E-state index in [0.29, 0.717) is 10.6 Å². The molecule has 0 aliphatic heterocycles. The van der Waals surface area contributed by atoms with Crippen molar-refractivity contribution in [3.63, 3.8) is 0 Å². The zero-order valence-electron chi connectivity index (χ0n) is 11.4. The van der Waals surface area contributed by atoms with Crippen molar-refractivity contribution in [1.82, 2.24) is 9.38 Å². The van der Waals surface area contributed by atoms with Crippen molar-refractivity contribution in [2.75, 3.05) is 4.72 Å². The van der Waals surface area contributed by atoms with E-state index in [9.17, 15) is 8.42 Å². The Morgan fingerprint density at radius 1 is 1.27 bits per heavy atom. The van der Waals surface area contributed by atoms with E-state index in [1.165, 1.54) is 26.9 Å². The molecule has 4 rings (SSSR count). The van der Waals surface area contributed by atoms with Crippen LogP contribution in [-0.4, -0.2) is 17.8 Å². The molecule has 22 heavy (non-hydrogen) atoms. The first kappa shape index (κ1) is 14.0. The Kier molecular flexibility index (Phi) is 3.18. The number of benzene rings is 1. The molecule has 2 aromatic heterocycles. The number of hydrogen-bond donors (Lipinski definition) is 1. The second kappa shape index (κ2) is 4.97. The van der Waals surface area contributed by atoms with Gasteiger partial charge in [0.1, 0.15) is 0 Å². The molecule has 0 spiro atoms. The molecular weight excluding hydrogens is 342 g/mol. The second-order valence-electron chi connectivity index (χ2n) is 5.21. The number of imidazole rings is 1. The molecule has 8 heteroatoms. The van der Waals surface area contributed by atoms with Gasteiger partial charge in [0.2, 0.25) is 0 Å². The smallest absolute Gasteiger partial charge is 0.278 e. The highest BCUT2D eigenvalue weighted by Crippen LogP contribution is 2.29. The van der Waals surface area contributed by atoms with Gasteiger partial charge in [-0.3, -0.25) is 9.12 Å². The third kappa shape index (κ3) is 2.20. The highest BCUT2D eigenvalue weighted by atomic mass is 35.5. The summed E-state index contributed by atoms with van der Waals surface area (Å²) in [7, 11) is -3.79. The van der Waals surface area contributed by atoms with Gasteiger partial charge in [-0.15, -0.1) is 11.3 Å². The molecule has 0 saturated carbocycles. The van der Waals surface area contributed by atoms with Crippen LogP contribution in [0.1, 0.15) is 17.5 Å². The maximum Gasteiger partial charge on any atom is 0.281 e. The van der Waals surface area contributed by atoms with Crippen LogP contribution in [0.2, 0.25) is 5.15 Å². The van der Waals surface area contributed by atoms with E-state index >= 15 is 0 Å². The van der Waals surface area contributed by atoms with Gasteiger partial charge in [0.05, 0.1) is 0 Å². The normalized spacial score (nSPS) is 14.4. The van der Waals surface area contributed by atoms with Crippen LogP contribution in [0.25, 0.3) is 4.96 Å². The molecule has 114 valence electrons. The van der Waals surface area contributed by atoms with Crippen molar-refractivity contribution in [1.29, 1.82) is 0 Å².